The lowest BCUT2D eigenvalue weighted by molar-refractivity contribution is -0.274. The molecule has 0 amide bonds. The van der Waals surface area contributed by atoms with Crippen LogP contribution in [0.25, 0.3) is 5.57 Å². The fraction of sp³-hybridized carbons (Fsp3) is 0.565. The Balaban J connectivity index is 0.00000280. The number of hydrogen-bond acceptors (Lipinski definition) is 1. The average Bonchev–Trinajstić information content (AvgIpc) is 2.66. The van der Waals surface area contributed by atoms with Crippen LogP contribution < -0.4 is 4.74 Å². The van der Waals surface area contributed by atoms with Gasteiger partial charge in [0.05, 0.1) is 0 Å². The van der Waals surface area contributed by atoms with E-state index < -0.39 is 6.36 Å². The third kappa shape index (κ3) is 5.88. The van der Waals surface area contributed by atoms with Gasteiger partial charge in [0.1, 0.15) is 5.75 Å². The second-order valence-corrected chi connectivity index (χ2v) is 7.92. The minimum Gasteiger partial charge on any atom is -0.406 e. The van der Waals surface area contributed by atoms with Crippen molar-refractivity contribution in [3.8, 4) is 5.75 Å². The standard InChI is InChI=1S/C23H29F3O.H2/c1-2-3-4-17-5-7-18(8-6-17)19-9-11-20(12-10-19)21-13-15-22(16-14-21)27-23(24,25)26;/h2-3,11,13-19H,4-10,12H2,1H3;1H/b3-2+;. The molecule has 27 heavy (non-hydrogen) atoms. The average molecular weight is 380 g/mol. The molecule has 3 rings (SSSR count). The Bertz CT molecular complexity index is 655. The van der Waals surface area contributed by atoms with Gasteiger partial charge in [0.15, 0.2) is 0 Å². The molecule has 150 valence electrons. The minimum atomic E-state index is -4.63. The molecule has 0 aliphatic heterocycles. The second kappa shape index (κ2) is 8.99. The molecule has 4 heteroatoms. The summed E-state index contributed by atoms with van der Waals surface area (Å²) < 4.78 is 40.7. The van der Waals surface area contributed by atoms with Gasteiger partial charge < -0.3 is 4.74 Å². The fourth-order valence-electron chi connectivity index (χ4n) is 4.64. The number of alkyl halides is 3. The van der Waals surface area contributed by atoms with Gasteiger partial charge in [-0.05, 0) is 99.3 Å². The van der Waals surface area contributed by atoms with Crippen molar-refractivity contribution in [2.75, 3.05) is 0 Å². The highest BCUT2D eigenvalue weighted by atomic mass is 19.4. The molecule has 1 atom stereocenters. The first-order valence-corrected chi connectivity index (χ1v) is 10.1. The summed E-state index contributed by atoms with van der Waals surface area (Å²) in [5.74, 6) is 2.32. The first-order valence-electron chi connectivity index (χ1n) is 10.1. The predicted molar refractivity (Wildman–Crippen MR) is 105 cm³/mol. The summed E-state index contributed by atoms with van der Waals surface area (Å²) in [6.45, 7) is 2.09. The molecular formula is C23H31F3O. The molecule has 0 aromatic heterocycles. The van der Waals surface area contributed by atoms with Gasteiger partial charge in [-0.15, -0.1) is 13.2 Å². The highest BCUT2D eigenvalue weighted by molar-refractivity contribution is 5.66. The van der Waals surface area contributed by atoms with Crippen LogP contribution in [-0.4, -0.2) is 6.36 Å². The van der Waals surface area contributed by atoms with Gasteiger partial charge in [-0.2, -0.15) is 0 Å². The van der Waals surface area contributed by atoms with E-state index in [4.69, 9.17) is 0 Å². The third-order valence-corrected chi connectivity index (χ3v) is 6.17. The molecule has 1 nitrogen and oxygen atoms in total. The van der Waals surface area contributed by atoms with Gasteiger partial charge in [0.2, 0.25) is 0 Å². The largest absolute Gasteiger partial charge is 0.573 e. The molecule has 0 N–H and O–H groups in total. The van der Waals surface area contributed by atoms with E-state index in [1.807, 2.05) is 0 Å². The van der Waals surface area contributed by atoms with E-state index in [-0.39, 0.29) is 7.18 Å². The molecule has 2 aliphatic rings. The van der Waals surface area contributed by atoms with Crippen LogP contribution in [-0.2, 0) is 0 Å². The highest BCUT2D eigenvalue weighted by Gasteiger charge is 2.31. The summed E-state index contributed by atoms with van der Waals surface area (Å²) in [4.78, 5) is 0. The number of ether oxygens (including phenoxy) is 1. The molecule has 0 saturated heterocycles. The van der Waals surface area contributed by atoms with E-state index in [1.54, 1.807) is 12.1 Å². The van der Waals surface area contributed by atoms with E-state index >= 15 is 0 Å². The monoisotopic (exact) mass is 380 g/mol. The van der Waals surface area contributed by atoms with Crippen molar-refractivity contribution >= 4 is 5.57 Å². The van der Waals surface area contributed by atoms with Crippen molar-refractivity contribution in [2.24, 2.45) is 17.8 Å². The molecule has 1 aromatic carbocycles. The van der Waals surface area contributed by atoms with Crippen LogP contribution in [0.2, 0.25) is 0 Å². The molecule has 1 aromatic rings. The van der Waals surface area contributed by atoms with Crippen LogP contribution in [0.4, 0.5) is 13.2 Å². The zero-order chi connectivity index (χ0) is 19.3. The van der Waals surface area contributed by atoms with Gasteiger partial charge in [0, 0.05) is 1.43 Å². The Labute approximate surface area is 161 Å². The lowest BCUT2D eigenvalue weighted by atomic mass is 9.70. The van der Waals surface area contributed by atoms with Gasteiger partial charge in [-0.3, -0.25) is 0 Å². The lowest BCUT2D eigenvalue weighted by Gasteiger charge is -2.35. The Morgan fingerprint density at radius 3 is 2.30 bits per heavy atom. The fourth-order valence-corrected chi connectivity index (χ4v) is 4.64. The Morgan fingerprint density at radius 1 is 1.04 bits per heavy atom. The van der Waals surface area contributed by atoms with E-state index in [9.17, 15) is 13.2 Å². The number of benzene rings is 1. The van der Waals surface area contributed by atoms with Crippen LogP contribution in [0.5, 0.6) is 5.75 Å². The van der Waals surface area contributed by atoms with Crippen LogP contribution in [0.15, 0.2) is 42.5 Å². The number of rotatable bonds is 5. The van der Waals surface area contributed by atoms with E-state index in [2.05, 4.69) is 29.9 Å². The smallest absolute Gasteiger partial charge is 0.406 e. The Hall–Kier alpha value is -1.71. The van der Waals surface area contributed by atoms with Crippen molar-refractivity contribution in [3.05, 3.63) is 48.1 Å². The van der Waals surface area contributed by atoms with Crippen LogP contribution in [0.3, 0.4) is 0 Å². The molecular weight excluding hydrogens is 349 g/mol. The van der Waals surface area contributed by atoms with E-state index in [0.29, 0.717) is 0 Å². The Morgan fingerprint density at radius 2 is 1.74 bits per heavy atom. The molecule has 2 aliphatic carbocycles. The summed E-state index contributed by atoms with van der Waals surface area (Å²) in [5.41, 5.74) is 2.27. The number of hydrogen-bond donors (Lipinski definition) is 0. The van der Waals surface area contributed by atoms with Gasteiger partial charge in [-0.1, -0.05) is 30.4 Å². The molecule has 1 unspecified atom stereocenters. The SMILES string of the molecule is C/C=C/CC1CCC(C2CC=C(c3ccc(OC(F)(F)F)cc3)CC2)CC1.[HH]. The van der Waals surface area contributed by atoms with Crippen molar-refractivity contribution < 1.29 is 19.3 Å². The molecule has 0 radical (unpaired) electrons. The zero-order valence-electron chi connectivity index (χ0n) is 16.0. The lowest BCUT2D eigenvalue weighted by Crippen LogP contribution is -2.23. The molecule has 1 saturated carbocycles. The van der Waals surface area contributed by atoms with E-state index in [1.165, 1.54) is 56.2 Å². The first kappa shape index (κ1) is 20.0. The highest BCUT2D eigenvalue weighted by Crippen LogP contribution is 2.42. The summed E-state index contributed by atoms with van der Waals surface area (Å²) in [6.07, 6.45) is 12.0. The zero-order valence-corrected chi connectivity index (χ0v) is 16.0. The second-order valence-electron chi connectivity index (χ2n) is 7.92. The quantitative estimate of drug-likeness (QED) is 0.474. The van der Waals surface area contributed by atoms with Crippen molar-refractivity contribution in [2.45, 2.75) is 64.7 Å². The predicted octanol–water partition coefficient (Wildman–Crippen LogP) is 7.79. The van der Waals surface area contributed by atoms with E-state index in [0.717, 1.165) is 36.2 Å². The first-order chi connectivity index (χ1) is 12.9. The normalized spacial score (nSPS) is 26.8. The number of allylic oxidation sites excluding steroid dienone is 4. The molecule has 0 bridgehead atoms. The van der Waals surface area contributed by atoms with Crippen molar-refractivity contribution in [3.63, 3.8) is 0 Å². The van der Waals surface area contributed by atoms with Crippen molar-refractivity contribution in [1.82, 2.24) is 0 Å². The minimum absolute atomic E-state index is 0. The van der Waals surface area contributed by atoms with Gasteiger partial charge in [0.25, 0.3) is 0 Å². The summed E-state index contributed by atoms with van der Waals surface area (Å²) >= 11 is 0. The summed E-state index contributed by atoms with van der Waals surface area (Å²) in [7, 11) is 0. The number of halogens is 3. The van der Waals surface area contributed by atoms with Crippen LogP contribution >= 0.6 is 0 Å². The van der Waals surface area contributed by atoms with Crippen molar-refractivity contribution in [1.29, 1.82) is 0 Å². The molecule has 0 heterocycles. The molecule has 1 fully saturated rings. The maximum atomic E-state index is 12.3. The maximum absolute atomic E-state index is 12.3. The topological polar surface area (TPSA) is 9.23 Å². The summed E-state index contributed by atoms with van der Waals surface area (Å²) in [6, 6.07) is 6.28. The third-order valence-electron chi connectivity index (χ3n) is 6.17. The molecule has 0 spiro atoms. The maximum Gasteiger partial charge on any atom is 0.573 e. The summed E-state index contributed by atoms with van der Waals surface area (Å²) in [5, 5.41) is 0. The van der Waals surface area contributed by atoms with Gasteiger partial charge >= 0.3 is 6.36 Å². The van der Waals surface area contributed by atoms with Crippen LogP contribution in [0, 0.1) is 17.8 Å². The van der Waals surface area contributed by atoms with Gasteiger partial charge in [-0.25, -0.2) is 0 Å². The Kier molecular flexibility index (Phi) is 6.67. The van der Waals surface area contributed by atoms with Crippen LogP contribution in [0.1, 0.15) is 65.3 Å².